The maximum absolute atomic E-state index is 6.11. The van der Waals surface area contributed by atoms with Crippen molar-refractivity contribution in [2.24, 2.45) is 12.0 Å². The molecule has 7 nitrogen and oxygen atoms in total. The fraction of sp³-hybridized carbons (Fsp3) is 0.471. The first-order chi connectivity index (χ1) is 12.6. The third kappa shape index (κ3) is 5.86. The quantitative estimate of drug-likeness (QED) is 0.272. The summed E-state index contributed by atoms with van der Waals surface area (Å²) in [5.41, 5.74) is 1.29. The van der Waals surface area contributed by atoms with Gasteiger partial charge in [0.15, 0.2) is 5.96 Å². The Bertz CT molecular complexity index is 780. The van der Waals surface area contributed by atoms with Crippen molar-refractivity contribution in [2.75, 3.05) is 38.5 Å². The van der Waals surface area contributed by atoms with Crippen LogP contribution < -0.4 is 10.6 Å². The second-order valence-corrected chi connectivity index (χ2v) is 7.11. The Labute approximate surface area is 186 Å². The number of guanidine groups is 1. The standard InChI is InChI=1S/C17H23Cl2N7.HI/c1-20-17(22-5-4-21-16-15(19)7-14(18)9-23-16)26-6-3-12(11-26)13-8-24-25(2)10-13;/h7-10,12H,3-6,11H2,1-2H3,(H,20,22)(H,21,23);1H. The molecule has 3 heterocycles. The van der Waals surface area contributed by atoms with E-state index in [1.807, 2.05) is 25.0 Å². The first kappa shape index (κ1) is 22.0. The van der Waals surface area contributed by atoms with Crippen LogP contribution >= 0.6 is 47.2 Å². The maximum atomic E-state index is 6.11. The van der Waals surface area contributed by atoms with E-state index in [-0.39, 0.29) is 24.0 Å². The van der Waals surface area contributed by atoms with Crippen LogP contribution in [0.4, 0.5) is 5.82 Å². The van der Waals surface area contributed by atoms with Crippen LogP contribution in [0, 0.1) is 0 Å². The van der Waals surface area contributed by atoms with Gasteiger partial charge in [0, 0.05) is 58.6 Å². The van der Waals surface area contributed by atoms with Gasteiger partial charge in [-0.2, -0.15) is 5.10 Å². The van der Waals surface area contributed by atoms with Crippen molar-refractivity contribution < 1.29 is 0 Å². The molecule has 27 heavy (non-hydrogen) atoms. The van der Waals surface area contributed by atoms with E-state index >= 15 is 0 Å². The maximum Gasteiger partial charge on any atom is 0.193 e. The van der Waals surface area contributed by atoms with Gasteiger partial charge in [-0.3, -0.25) is 9.67 Å². The van der Waals surface area contributed by atoms with E-state index in [0.717, 1.165) is 25.5 Å². The lowest BCUT2D eigenvalue weighted by atomic mass is 10.0. The molecule has 0 bridgehead atoms. The number of pyridine rings is 1. The predicted molar refractivity (Wildman–Crippen MR) is 122 cm³/mol. The largest absolute Gasteiger partial charge is 0.367 e. The van der Waals surface area contributed by atoms with Gasteiger partial charge in [0.2, 0.25) is 0 Å². The lowest BCUT2D eigenvalue weighted by Crippen LogP contribution is -2.41. The fourth-order valence-electron chi connectivity index (χ4n) is 3.11. The molecule has 0 radical (unpaired) electrons. The number of rotatable bonds is 5. The number of aliphatic imine (C=N–C) groups is 1. The third-order valence-electron chi connectivity index (χ3n) is 4.40. The van der Waals surface area contributed by atoms with E-state index in [4.69, 9.17) is 23.2 Å². The van der Waals surface area contributed by atoms with Crippen LogP contribution in [0.2, 0.25) is 10.0 Å². The molecule has 3 rings (SSSR count). The molecule has 1 atom stereocenters. The van der Waals surface area contributed by atoms with Gasteiger partial charge in [-0.05, 0) is 18.1 Å². The zero-order chi connectivity index (χ0) is 18.5. The zero-order valence-corrected chi connectivity index (χ0v) is 19.2. The average molecular weight is 524 g/mol. The normalized spacial score (nSPS) is 17.0. The first-order valence-electron chi connectivity index (χ1n) is 8.56. The third-order valence-corrected chi connectivity index (χ3v) is 4.90. The van der Waals surface area contributed by atoms with Crippen LogP contribution in [0.1, 0.15) is 17.9 Å². The molecule has 2 aromatic rings. The lowest BCUT2D eigenvalue weighted by molar-refractivity contribution is 0.487. The van der Waals surface area contributed by atoms with Crippen molar-refractivity contribution in [3.05, 3.63) is 40.3 Å². The highest BCUT2D eigenvalue weighted by Crippen LogP contribution is 2.26. The lowest BCUT2D eigenvalue weighted by Gasteiger charge is -2.21. The molecule has 1 fully saturated rings. The van der Waals surface area contributed by atoms with Crippen LogP contribution in [0.25, 0.3) is 0 Å². The van der Waals surface area contributed by atoms with Gasteiger partial charge < -0.3 is 15.5 Å². The summed E-state index contributed by atoms with van der Waals surface area (Å²) in [6.07, 6.45) is 6.73. The molecule has 10 heteroatoms. The molecule has 0 saturated carbocycles. The van der Waals surface area contributed by atoms with Crippen molar-refractivity contribution in [1.29, 1.82) is 0 Å². The molecular formula is C17H24Cl2IN7. The second kappa shape index (κ2) is 10.3. The van der Waals surface area contributed by atoms with E-state index in [1.165, 1.54) is 5.56 Å². The number of anilines is 1. The minimum atomic E-state index is 0. The fourth-order valence-corrected chi connectivity index (χ4v) is 3.55. The molecular weight excluding hydrogens is 500 g/mol. The topological polar surface area (TPSA) is 70.4 Å². The van der Waals surface area contributed by atoms with E-state index in [2.05, 4.69) is 36.8 Å². The van der Waals surface area contributed by atoms with Crippen LogP contribution in [0.5, 0.6) is 0 Å². The summed E-state index contributed by atoms with van der Waals surface area (Å²) in [5, 5.41) is 11.9. The highest BCUT2D eigenvalue weighted by atomic mass is 127. The van der Waals surface area contributed by atoms with Crippen molar-refractivity contribution in [3.8, 4) is 0 Å². The minimum absolute atomic E-state index is 0. The number of aromatic nitrogens is 3. The minimum Gasteiger partial charge on any atom is -0.367 e. The molecule has 2 aromatic heterocycles. The molecule has 1 saturated heterocycles. The smallest absolute Gasteiger partial charge is 0.193 e. The Morgan fingerprint density at radius 3 is 2.81 bits per heavy atom. The Kier molecular flexibility index (Phi) is 8.43. The summed E-state index contributed by atoms with van der Waals surface area (Å²) in [4.78, 5) is 10.9. The van der Waals surface area contributed by atoms with Gasteiger partial charge >= 0.3 is 0 Å². The van der Waals surface area contributed by atoms with Gasteiger partial charge in [0.05, 0.1) is 16.2 Å². The molecule has 0 amide bonds. The molecule has 0 aromatic carbocycles. The summed E-state index contributed by atoms with van der Waals surface area (Å²) in [7, 11) is 3.76. The average Bonchev–Trinajstić information content (AvgIpc) is 3.25. The number of halogens is 3. The van der Waals surface area contributed by atoms with Crippen molar-refractivity contribution in [1.82, 2.24) is 25.0 Å². The molecule has 1 aliphatic heterocycles. The van der Waals surface area contributed by atoms with Gasteiger partial charge in [-0.15, -0.1) is 24.0 Å². The summed E-state index contributed by atoms with van der Waals surface area (Å²) in [6.45, 7) is 3.31. The van der Waals surface area contributed by atoms with Crippen LogP contribution in [0.15, 0.2) is 29.6 Å². The van der Waals surface area contributed by atoms with Crippen LogP contribution in [-0.4, -0.2) is 58.9 Å². The Hall–Kier alpha value is -1.26. The molecule has 1 aliphatic rings. The van der Waals surface area contributed by atoms with Crippen molar-refractivity contribution in [3.63, 3.8) is 0 Å². The summed E-state index contributed by atoms with van der Waals surface area (Å²) < 4.78 is 1.85. The van der Waals surface area contributed by atoms with Gasteiger partial charge in [0.1, 0.15) is 5.82 Å². The van der Waals surface area contributed by atoms with Crippen LogP contribution in [0.3, 0.4) is 0 Å². The summed E-state index contributed by atoms with van der Waals surface area (Å²) >= 11 is 12.0. The number of likely N-dealkylation sites (tertiary alicyclic amines) is 1. The number of nitrogens with one attached hydrogen (secondary N) is 2. The van der Waals surface area contributed by atoms with Crippen molar-refractivity contribution in [2.45, 2.75) is 12.3 Å². The van der Waals surface area contributed by atoms with Gasteiger partial charge in [-0.1, -0.05) is 23.2 Å². The highest BCUT2D eigenvalue weighted by Gasteiger charge is 2.26. The van der Waals surface area contributed by atoms with E-state index in [1.54, 1.807) is 12.3 Å². The summed E-state index contributed by atoms with van der Waals surface area (Å²) in [6, 6.07) is 1.67. The Morgan fingerprint density at radius 1 is 1.33 bits per heavy atom. The number of hydrogen-bond donors (Lipinski definition) is 2. The summed E-state index contributed by atoms with van der Waals surface area (Å²) in [5.74, 6) is 2.04. The molecule has 0 aliphatic carbocycles. The SMILES string of the molecule is CN=C(NCCNc1ncc(Cl)cc1Cl)N1CCC(c2cnn(C)c2)C1.I. The molecule has 148 valence electrons. The van der Waals surface area contributed by atoms with Gasteiger partial charge in [-0.25, -0.2) is 4.98 Å². The van der Waals surface area contributed by atoms with Crippen LogP contribution in [-0.2, 0) is 7.05 Å². The van der Waals surface area contributed by atoms with E-state index in [9.17, 15) is 0 Å². The van der Waals surface area contributed by atoms with E-state index in [0.29, 0.717) is 34.9 Å². The molecule has 2 N–H and O–H groups in total. The highest BCUT2D eigenvalue weighted by molar-refractivity contribution is 14.0. The Morgan fingerprint density at radius 2 is 2.15 bits per heavy atom. The second-order valence-electron chi connectivity index (χ2n) is 6.26. The monoisotopic (exact) mass is 523 g/mol. The first-order valence-corrected chi connectivity index (χ1v) is 9.31. The number of hydrogen-bond acceptors (Lipinski definition) is 4. The number of aryl methyl sites for hydroxylation is 1. The number of nitrogens with zero attached hydrogens (tertiary/aromatic N) is 5. The van der Waals surface area contributed by atoms with E-state index < -0.39 is 0 Å². The van der Waals surface area contributed by atoms with Gasteiger partial charge in [0.25, 0.3) is 0 Å². The molecule has 1 unspecified atom stereocenters. The Balaban J connectivity index is 0.00000261. The van der Waals surface area contributed by atoms with Crippen molar-refractivity contribution >= 4 is 59.0 Å². The zero-order valence-electron chi connectivity index (χ0n) is 15.3. The predicted octanol–water partition coefficient (Wildman–Crippen LogP) is 3.22. The molecule has 0 spiro atoms.